The minimum absolute atomic E-state index is 0.100. The van der Waals surface area contributed by atoms with Crippen molar-refractivity contribution < 1.29 is 4.79 Å². The molecule has 0 saturated heterocycles. The van der Waals surface area contributed by atoms with Crippen molar-refractivity contribution in [3.8, 4) is 0 Å². The first-order valence-electron chi connectivity index (χ1n) is 7.50. The number of ketones is 1. The Bertz CT molecular complexity index is 826. The van der Waals surface area contributed by atoms with Crippen molar-refractivity contribution in [1.82, 2.24) is 10.2 Å². The van der Waals surface area contributed by atoms with E-state index < -0.39 is 0 Å². The zero-order valence-electron chi connectivity index (χ0n) is 13.4. The van der Waals surface area contributed by atoms with Gasteiger partial charge in [0.15, 0.2) is 10.1 Å². The van der Waals surface area contributed by atoms with Gasteiger partial charge in [-0.3, -0.25) is 4.79 Å². The van der Waals surface area contributed by atoms with Gasteiger partial charge < -0.3 is 5.32 Å². The third-order valence-electron chi connectivity index (χ3n) is 3.41. The van der Waals surface area contributed by atoms with Crippen LogP contribution in [0.15, 0.2) is 52.9 Å². The summed E-state index contributed by atoms with van der Waals surface area (Å²) in [4.78, 5) is 12.2. The number of Topliss-reactive ketones (excluding diaryl/α,β-unsaturated/α-hetero) is 1. The van der Waals surface area contributed by atoms with Crippen LogP contribution in [0.3, 0.4) is 0 Å². The van der Waals surface area contributed by atoms with Gasteiger partial charge in [0.1, 0.15) is 0 Å². The highest BCUT2D eigenvalue weighted by atomic mass is 32.2. The number of anilines is 2. The normalized spacial score (nSPS) is 10.6. The van der Waals surface area contributed by atoms with E-state index in [1.165, 1.54) is 28.7 Å². The molecule has 3 aromatic rings. The van der Waals surface area contributed by atoms with Crippen LogP contribution in [0.5, 0.6) is 0 Å². The van der Waals surface area contributed by atoms with E-state index in [1.54, 1.807) is 0 Å². The highest BCUT2D eigenvalue weighted by molar-refractivity contribution is 8.01. The van der Waals surface area contributed by atoms with Gasteiger partial charge in [-0.15, -0.1) is 10.2 Å². The predicted octanol–water partition coefficient (Wildman–Crippen LogP) is 4.87. The third-order valence-corrected chi connectivity index (χ3v) is 5.38. The van der Waals surface area contributed by atoms with Crippen molar-refractivity contribution in [3.63, 3.8) is 0 Å². The van der Waals surface area contributed by atoms with Gasteiger partial charge in [0.05, 0.1) is 5.75 Å². The summed E-state index contributed by atoms with van der Waals surface area (Å²) in [5.41, 5.74) is 4.07. The smallest absolute Gasteiger partial charge is 0.210 e. The topological polar surface area (TPSA) is 54.9 Å². The minimum atomic E-state index is 0.100. The standard InChI is InChI=1S/C18H17N3OS2/c1-12-3-7-14(8-4-12)16(22)11-23-18-21-20-17(24-18)19-15-9-5-13(2)6-10-15/h3-10H,11H2,1-2H3,(H,19,20). The Morgan fingerprint density at radius 1 is 1.00 bits per heavy atom. The van der Waals surface area contributed by atoms with E-state index >= 15 is 0 Å². The third kappa shape index (κ3) is 4.43. The van der Waals surface area contributed by atoms with E-state index in [0.29, 0.717) is 5.75 Å². The summed E-state index contributed by atoms with van der Waals surface area (Å²) in [5, 5.41) is 12.2. The number of carbonyl (C=O) groups is 1. The number of nitrogens with one attached hydrogen (secondary N) is 1. The molecule has 0 aliphatic heterocycles. The Labute approximate surface area is 149 Å². The van der Waals surface area contributed by atoms with Crippen molar-refractivity contribution in [3.05, 3.63) is 65.2 Å². The summed E-state index contributed by atoms with van der Waals surface area (Å²) >= 11 is 2.87. The Hall–Kier alpha value is -2.18. The number of carbonyl (C=O) groups excluding carboxylic acids is 1. The Morgan fingerprint density at radius 3 is 2.29 bits per heavy atom. The number of aromatic nitrogens is 2. The monoisotopic (exact) mass is 355 g/mol. The summed E-state index contributed by atoms with van der Waals surface area (Å²) in [5.74, 6) is 0.464. The maximum absolute atomic E-state index is 12.2. The molecular formula is C18H17N3OS2. The second-order valence-electron chi connectivity index (χ2n) is 5.44. The van der Waals surface area contributed by atoms with Crippen LogP contribution in [0.25, 0.3) is 0 Å². The average Bonchev–Trinajstić information content (AvgIpc) is 3.03. The summed E-state index contributed by atoms with van der Waals surface area (Å²) in [6, 6.07) is 15.7. The molecule has 0 fully saturated rings. The molecule has 24 heavy (non-hydrogen) atoms. The van der Waals surface area contributed by atoms with Crippen molar-refractivity contribution >= 4 is 39.7 Å². The molecule has 0 radical (unpaired) electrons. The zero-order valence-corrected chi connectivity index (χ0v) is 15.1. The first kappa shape index (κ1) is 16.7. The van der Waals surface area contributed by atoms with Crippen molar-refractivity contribution in [2.24, 2.45) is 0 Å². The van der Waals surface area contributed by atoms with Gasteiger partial charge in [-0.05, 0) is 26.0 Å². The molecular weight excluding hydrogens is 338 g/mol. The molecule has 0 amide bonds. The summed E-state index contributed by atoms with van der Waals surface area (Å²) in [6.07, 6.45) is 0. The van der Waals surface area contributed by atoms with Crippen LogP contribution in [0, 0.1) is 13.8 Å². The van der Waals surface area contributed by atoms with Crippen molar-refractivity contribution in [2.45, 2.75) is 18.2 Å². The maximum Gasteiger partial charge on any atom is 0.210 e. The van der Waals surface area contributed by atoms with Crippen LogP contribution in [-0.2, 0) is 0 Å². The molecule has 0 bridgehead atoms. The Kier molecular flexibility index (Phi) is 5.27. The van der Waals surface area contributed by atoms with Gasteiger partial charge in [0.25, 0.3) is 0 Å². The van der Waals surface area contributed by atoms with Gasteiger partial charge in [0, 0.05) is 11.3 Å². The number of hydrogen-bond acceptors (Lipinski definition) is 6. The quantitative estimate of drug-likeness (QED) is 0.505. The van der Waals surface area contributed by atoms with E-state index in [0.717, 1.165) is 26.3 Å². The highest BCUT2D eigenvalue weighted by Gasteiger charge is 2.10. The average molecular weight is 355 g/mol. The van der Waals surface area contributed by atoms with Crippen LogP contribution in [0.2, 0.25) is 0 Å². The Morgan fingerprint density at radius 2 is 1.62 bits per heavy atom. The lowest BCUT2D eigenvalue weighted by Gasteiger charge is -2.01. The predicted molar refractivity (Wildman–Crippen MR) is 101 cm³/mol. The lowest BCUT2D eigenvalue weighted by Crippen LogP contribution is -2.01. The molecule has 2 aromatic carbocycles. The molecule has 0 saturated carbocycles. The zero-order chi connectivity index (χ0) is 16.9. The van der Waals surface area contributed by atoms with E-state index in [2.05, 4.69) is 22.4 Å². The summed E-state index contributed by atoms with van der Waals surface area (Å²) in [7, 11) is 0. The number of rotatable bonds is 6. The molecule has 1 heterocycles. The molecule has 0 spiro atoms. The fourth-order valence-electron chi connectivity index (χ4n) is 2.03. The number of hydrogen-bond donors (Lipinski definition) is 1. The van der Waals surface area contributed by atoms with E-state index in [-0.39, 0.29) is 5.78 Å². The highest BCUT2D eigenvalue weighted by Crippen LogP contribution is 2.28. The number of thioether (sulfide) groups is 1. The Balaban J connectivity index is 1.56. The molecule has 0 aliphatic carbocycles. The first-order chi connectivity index (χ1) is 11.6. The van der Waals surface area contributed by atoms with Gasteiger partial charge in [0.2, 0.25) is 5.13 Å². The van der Waals surface area contributed by atoms with Crippen molar-refractivity contribution in [2.75, 3.05) is 11.1 Å². The van der Waals surface area contributed by atoms with Gasteiger partial charge in [-0.2, -0.15) is 0 Å². The largest absolute Gasteiger partial charge is 0.330 e. The SMILES string of the molecule is Cc1ccc(Nc2nnc(SCC(=O)c3ccc(C)cc3)s2)cc1. The molecule has 1 N–H and O–H groups in total. The van der Waals surface area contributed by atoms with Crippen LogP contribution < -0.4 is 5.32 Å². The van der Waals surface area contributed by atoms with Gasteiger partial charge >= 0.3 is 0 Å². The summed E-state index contributed by atoms with van der Waals surface area (Å²) < 4.78 is 0.782. The number of aryl methyl sites for hydroxylation is 2. The van der Waals surface area contributed by atoms with Gasteiger partial charge in [-0.1, -0.05) is 70.6 Å². The second-order valence-corrected chi connectivity index (χ2v) is 7.64. The molecule has 0 unspecified atom stereocenters. The van der Waals surface area contributed by atoms with Crippen LogP contribution >= 0.6 is 23.1 Å². The molecule has 0 aliphatic rings. The van der Waals surface area contributed by atoms with Crippen LogP contribution in [0.1, 0.15) is 21.5 Å². The molecule has 122 valence electrons. The maximum atomic E-state index is 12.2. The van der Waals surface area contributed by atoms with Crippen LogP contribution in [0.4, 0.5) is 10.8 Å². The van der Waals surface area contributed by atoms with E-state index in [1.807, 2.05) is 55.5 Å². The number of benzene rings is 2. The lowest BCUT2D eigenvalue weighted by molar-refractivity contribution is 0.102. The fourth-order valence-corrected chi connectivity index (χ4v) is 3.70. The molecule has 3 rings (SSSR count). The second kappa shape index (κ2) is 7.59. The van der Waals surface area contributed by atoms with Crippen molar-refractivity contribution in [1.29, 1.82) is 0 Å². The molecule has 0 atom stereocenters. The van der Waals surface area contributed by atoms with Gasteiger partial charge in [-0.25, -0.2) is 0 Å². The van der Waals surface area contributed by atoms with Crippen LogP contribution in [-0.4, -0.2) is 21.7 Å². The molecule has 1 aromatic heterocycles. The summed E-state index contributed by atoms with van der Waals surface area (Å²) in [6.45, 7) is 4.06. The minimum Gasteiger partial charge on any atom is -0.330 e. The fraction of sp³-hybridized carbons (Fsp3) is 0.167. The van der Waals surface area contributed by atoms with E-state index in [4.69, 9.17) is 0 Å². The first-order valence-corrected chi connectivity index (χ1v) is 9.30. The molecule has 4 nitrogen and oxygen atoms in total. The molecule has 6 heteroatoms. The number of nitrogens with zero attached hydrogens (tertiary/aromatic N) is 2. The lowest BCUT2D eigenvalue weighted by atomic mass is 10.1. The van der Waals surface area contributed by atoms with E-state index in [9.17, 15) is 4.79 Å².